The van der Waals surface area contributed by atoms with Gasteiger partial charge in [-0.3, -0.25) is 9.59 Å². The molecule has 2 aromatic heterocycles. The van der Waals surface area contributed by atoms with Gasteiger partial charge < -0.3 is 19.0 Å². The van der Waals surface area contributed by atoms with Gasteiger partial charge in [-0.15, -0.1) is 0 Å². The van der Waals surface area contributed by atoms with Crippen molar-refractivity contribution < 1.29 is 18.5 Å². The molecule has 0 aliphatic carbocycles. The maximum atomic E-state index is 12.6. The molecule has 2 heterocycles. The Morgan fingerprint density at radius 2 is 1.93 bits per heavy atom. The highest BCUT2D eigenvalue weighted by Gasteiger charge is 2.11. The van der Waals surface area contributed by atoms with Crippen molar-refractivity contribution in [2.24, 2.45) is 0 Å². The van der Waals surface area contributed by atoms with Crippen LogP contribution >= 0.6 is 11.6 Å². The van der Waals surface area contributed by atoms with E-state index in [0.29, 0.717) is 45.5 Å². The van der Waals surface area contributed by atoms with Crippen molar-refractivity contribution in [3.05, 3.63) is 75.6 Å². The van der Waals surface area contributed by atoms with Crippen molar-refractivity contribution in [1.29, 1.82) is 0 Å². The summed E-state index contributed by atoms with van der Waals surface area (Å²) in [6, 6.07) is 15.0. The molecular weight excluding hydrogens is 408 g/mol. The number of carbonyl (C=O) groups is 1. The lowest BCUT2D eigenvalue weighted by atomic mass is 10.1. The SMILES string of the molecule is COc1cc(CCC(=O)Nc2ccc3oc(-c4ccc(Cl)cc4)cc(=O)c3c2)on1. The summed E-state index contributed by atoms with van der Waals surface area (Å²) in [5, 5.41) is 7.45. The summed E-state index contributed by atoms with van der Waals surface area (Å²) >= 11 is 5.91. The predicted octanol–water partition coefficient (Wildman–Crippen LogP) is 4.68. The fourth-order valence-electron chi connectivity index (χ4n) is 2.96. The number of methoxy groups -OCH3 is 1. The van der Waals surface area contributed by atoms with Crippen LogP contribution < -0.4 is 15.5 Å². The van der Waals surface area contributed by atoms with Crippen LogP contribution in [0.2, 0.25) is 5.02 Å². The van der Waals surface area contributed by atoms with E-state index in [9.17, 15) is 9.59 Å². The van der Waals surface area contributed by atoms with Crippen molar-refractivity contribution in [3.63, 3.8) is 0 Å². The number of anilines is 1. The number of amides is 1. The third-order valence-corrected chi connectivity index (χ3v) is 4.74. The summed E-state index contributed by atoms with van der Waals surface area (Å²) < 4.78 is 15.9. The van der Waals surface area contributed by atoms with Crippen molar-refractivity contribution in [2.75, 3.05) is 12.4 Å². The number of ether oxygens (including phenoxy) is 1. The fraction of sp³-hybridized carbons (Fsp3) is 0.136. The van der Waals surface area contributed by atoms with Gasteiger partial charge >= 0.3 is 0 Å². The standard InChI is InChI=1S/C22H17ClN2O5/c1-28-22-11-16(30-25-22)7-9-21(27)24-15-6-8-19-17(10-15)18(26)12-20(29-19)13-2-4-14(23)5-3-13/h2-6,8,10-12H,7,9H2,1H3,(H,24,27). The van der Waals surface area contributed by atoms with E-state index in [4.69, 9.17) is 25.3 Å². The van der Waals surface area contributed by atoms with E-state index in [1.807, 2.05) is 0 Å². The number of aromatic nitrogens is 1. The Morgan fingerprint density at radius 1 is 1.13 bits per heavy atom. The Hall–Kier alpha value is -3.58. The molecule has 30 heavy (non-hydrogen) atoms. The second-order valence-electron chi connectivity index (χ2n) is 6.58. The number of nitrogens with zero attached hydrogens (tertiary/aromatic N) is 1. The average Bonchev–Trinajstić information content (AvgIpc) is 3.21. The molecule has 0 saturated heterocycles. The number of fused-ring (bicyclic) bond motifs is 1. The summed E-state index contributed by atoms with van der Waals surface area (Å²) in [6.07, 6.45) is 0.572. The van der Waals surface area contributed by atoms with Gasteiger partial charge in [-0.05, 0) is 47.6 Å². The van der Waals surface area contributed by atoms with Gasteiger partial charge in [0.25, 0.3) is 5.88 Å². The van der Waals surface area contributed by atoms with Crippen molar-refractivity contribution >= 4 is 34.2 Å². The minimum absolute atomic E-state index is 0.195. The summed E-state index contributed by atoms with van der Waals surface area (Å²) in [5.41, 5.74) is 1.49. The van der Waals surface area contributed by atoms with Gasteiger partial charge in [0, 0.05) is 41.2 Å². The van der Waals surface area contributed by atoms with Crippen LogP contribution in [-0.4, -0.2) is 18.2 Å². The topological polar surface area (TPSA) is 94.6 Å². The molecule has 7 nitrogen and oxygen atoms in total. The second-order valence-corrected chi connectivity index (χ2v) is 7.01. The van der Waals surface area contributed by atoms with E-state index < -0.39 is 0 Å². The van der Waals surface area contributed by atoms with Gasteiger partial charge in [-0.25, -0.2) is 0 Å². The molecular formula is C22H17ClN2O5. The number of rotatable bonds is 6. The maximum absolute atomic E-state index is 12.6. The molecule has 2 aromatic carbocycles. The first kappa shape index (κ1) is 19.7. The highest BCUT2D eigenvalue weighted by Crippen LogP contribution is 2.25. The monoisotopic (exact) mass is 424 g/mol. The molecule has 0 aliphatic rings. The Morgan fingerprint density at radius 3 is 2.67 bits per heavy atom. The van der Waals surface area contributed by atoms with E-state index in [1.165, 1.54) is 13.2 Å². The van der Waals surface area contributed by atoms with Crippen molar-refractivity contribution in [1.82, 2.24) is 5.16 Å². The minimum atomic E-state index is -0.216. The smallest absolute Gasteiger partial charge is 0.254 e. The van der Waals surface area contributed by atoms with E-state index in [1.54, 1.807) is 48.5 Å². The molecule has 0 fully saturated rings. The zero-order valence-electron chi connectivity index (χ0n) is 16.0. The van der Waals surface area contributed by atoms with Crippen LogP contribution in [0.15, 0.2) is 68.3 Å². The summed E-state index contributed by atoms with van der Waals surface area (Å²) in [5.74, 6) is 1.15. The maximum Gasteiger partial charge on any atom is 0.254 e. The number of halogens is 1. The van der Waals surface area contributed by atoms with E-state index in [2.05, 4.69) is 10.5 Å². The van der Waals surface area contributed by atoms with Crippen LogP contribution in [0.5, 0.6) is 5.88 Å². The van der Waals surface area contributed by atoms with E-state index >= 15 is 0 Å². The quantitative estimate of drug-likeness (QED) is 0.483. The Balaban J connectivity index is 1.49. The summed E-state index contributed by atoms with van der Waals surface area (Å²) in [6.45, 7) is 0. The van der Waals surface area contributed by atoms with Crippen LogP contribution in [0, 0.1) is 0 Å². The fourth-order valence-corrected chi connectivity index (χ4v) is 3.08. The first-order chi connectivity index (χ1) is 14.5. The van der Waals surface area contributed by atoms with Crippen molar-refractivity contribution in [3.8, 4) is 17.2 Å². The molecule has 0 atom stereocenters. The molecule has 0 aliphatic heterocycles. The highest BCUT2D eigenvalue weighted by atomic mass is 35.5. The van der Waals surface area contributed by atoms with Gasteiger partial charge in [0.1, 0.15) is 17.1 Å². The number of hydrogen-bond acceptors (Lipinski definition) is 6. The van der Waals surface area contributed by atoms with Crippen LogP contribution in [0.4, 0.5) is 5.69 Å². The zero-order chi connectivity index (χ0) is 21.1. The van der Waals surface area contributed by atoms with Gasteiger partial charge in [-0.1, -0.05) is 11.6 Å². The largest absolute Gasteiger partial charge is 0.479 e. The lowest BCUT2D eigenvalue weighted by molar-refractivity contribution is -0.116. The molecule has 0 unspecified atom stereocenters. The summed E-state index contributed by atoms with van der Waals surface area (Å²) in [4.78, 5) is 24.8. The number of nitrogens with one attached hydrogen (secondary N) is 1. The lowest BCUT2D eigenvalue weighted by Crippen LogP contribution is -2.12. The Bertz CT molecular complexity index is 1260. The normalized spacial score (nSPS) is 10.9. The van der Waals surface area contributed by atoms with E-state index in [-0.39, 0.29) is 17.8 Å². The Labute approximate surface area is 176 Å². The molecule has 1 N–H and O–H groups in total. The number of aryl methyl sites for hydroxylation is 1. The number of hydrogen-bond donors (Lipinski definition) is 1. The van der Waals surface area contributed by atoms with Crippen molar-refractivity contribution in [2.45, 2.75) is 12.8 Å². The highest BCUT2D eigenvalue weighted by molar-refractivity contribution is 6.30. The Kier molecular flexibility index (Phi) is 5.54. The lowest BCUT2D eigenvalue weighted by Gasteiger charge is -2.07. The van der Waals surface area contributed by atoms with Gasteiger partial charge in [-0.2, -0.15) is 0 Å². The third-order valence-electron chi connectivity index (χ3n) is 4.48. The number of carbonyl (C=O) groups excluding carboxylic acids is 1. The molecule has 1 amide bonds. The third kappa shape index (κ3) is 4.36. The zero-order valence-corrected chi connectivity index (χ0v) is 16.7. The van der Waals surface area contributed by atoms with Crippen LogP contribution in [0.25, 0.3) is 22.3 Å². The molecule has 4 aromatic rings. The van der Waals surface area contributed by atoms with Crippen LogP contribution in [-0.2, 0) is 11.2 Å². The molecule has 0 radical (unpaired) electrons. The van der Waals surface area contributed by atoms with Gasteiger partial charge in [0.2, 0.25) is 5.91 Å². The molecule has 0 saturated carbocycles. The first-order valence-corrected chi connectivity index (χ1v) is 9.53. The average molecular weight is 425 g/mol. The van der Waals surface area contributed by atoms with Gasteiger partial charge in [0.15, 0.2) is 5.43 Å². The molecule has 0 spiro atoms. The minimum Gasteiger partial charge on any atom is -0.479 e. The molecule has 0 bridgehead atoms. The molecule has 4 rings (SSSR count). The number of benzene rings is 2. The van der Waals surface area contributed by atoms with Crippen LogP contribution in [0.3, 0.4) is 0 Å². The first-order valence-electron chi connectivity index (χ1n) is 9.15. The summed E-state index contributed by atoms with van der Waals surface area (Å²) in [7, 11) is 1.49. The molecule has 152 valence electrons. The predicted molar refractivity (Wildman–Crippen MR) is 113 cm³/mol. The van der Waals surface area contributed by atoms with Gasteiger partial charge in [0.05, 0.1) is 12.5 Å². The second kappa shape index (κ2) is 8.42. The van der Waals surface area contributed by atoms with E-state index in [0.717, 1.165) is 5.56 Å². The van der Waals surface area contributed by atoms with Crippen LogP contribution in [0.1, 0.15) is 12.2 Å². The molecule has 8 heteroatoms.